The molecule has 1 aliphatic carbocycles. The molecule has 3 aliphatic rings. The zero-order valence-corrected chi connectivity index (χ0v) is 38.6. The van der Waals surface area contributed by atoms with Crippen molar-refractivity contribution in [3.05, 3.63) is 17.3 Å². The normalized spacial score (nSPS) is 23.4. The van der Waals surface area contributed by atoms with Gasteiger partial charge in [0.2, 0.25) is 10.6 Å². The summed E-state index contributed by atoms with van der Waals surface area (Å²) in [5.41, 5.74) is -0.466. The van der Waals surface area contributed by atoms with Crippen molar-refractivity contribution < 1.29 is 47.3 Å². The van der Waals surface area contributed by atoms with Crippen LogP contribution in [0.5, 0.6) is 0 Å². The Kier molecular flexibility index (Phi) is 13.4. The number of carbonyl (C=O) groups excluding carboxylic acids is 2. The lowest BCUT2D eigenvalue weighted by Crippen LogP contribution is -2.47. The Morgan fingerprint density at radius 1 is 1.10 bits per heavy atom. The van der Waals surface area contributed by atoms with E-state index in [1.54, 1.807) is 31.9 Å². The second kappa shape index (κ2) is 17.3. The molecule has 22 heteroatoms. The van der Waals surface area contributed by atoms with E-state index in [1.165, 1.54) is 22.8 Å². The first-order chi connectivity index (χ1) is 27.5. The number of rotatable bonds is 16. The number of esters is 1. The van der Waals surface area contributed by atoms with Gasteiger partial charge in [0.25, 0.3) is 0 Å². The van der Waals surface area contributed by atoms with Crippen LogP contribution in [-0.4, -0.2) is 134 Å². The molecule has 6 rings (SSSR count). The molecule has 0 radical (unpaired) electrons. The number of hydrogen-bond donors (Lipinski definition) is 0. The van der Waals surface area contributed by atoms with Crippen LogP contribution in [-0.2, 0) is 55.7 Å². The van der Waals surface area contributed by atoms with Crippen LogP contribution in [0.4, 0.5) is 10.6 Å². The summed E-state index contributed by atoms with van der Waals surface area (Å²) in [7, 11) is -4.82. The molecule has 0 N–H and O–H groups in total. The lowest BCUT2D eigenvalue weighted by atomic mass is 10.1. The molecular weight excluding hydrogens is 825 g/mol. The maximum Gasteiger partial charge on any atom is 0.416 e. The third-order valence-electron chi connectivity index (χ3n) is 10.3. The van der Waals surface area contributed by atoms with E-state index in [2.05, 4.69) is 50.1 Å². The Bertz CT molecular complexity index is 2030. The van der Waals surface area contributed by atoms with Gasteiger partial charge in [-0.2, -0.15) is 15.1 Å². The van der Waals surface area contributed by atoms with Gasteiger partial charge in [-0.15, -0.1) is 15.0 Å². The van der Waals surface area contributed by atoms with Gasteiger partial charge in [0, 0.05) is 20.7 Å². The summed E-state index contributed by atoms with van der Waals surface area (Å²) in [4.78, 5) is 39.6. The van der Waals surface area contributed by atoms with Crippen molar-refractivity contribution in [2.75, 3.05) is 38.1 Å². The highest BCUT2D eigenvalue weighted by Gasteiger charge is 2.59. The van der Waals surface area contributed by atoms with Gasteiger partial charge < -0.3 is 37.7 Å². The van der Waals surface area contributed by atoms with Gasteiger partial charge >= 0.3 is 12.1 Å². The maximum atomic E-state index is 14.2. The van der Waals surface area contributed by atoms with Crippen LogP contribution >= 0.6 is 18.7 Å². The Balaban J connectivity index is 1.30. The van der Waals surface area contributed by atoms with E-state index >= 15 is 0 Å². The second-order valence-electron chi connectivity index (χ2n) is 18.3. The lowest BCUT2D eigenvalue weighted by Gasteiger charge is -2.35. The number of amides is 1. The van der Waals surface area contributed by atoms with E-state index in [9.17, 15) is 14.2 Å². The van der Waals surface area contributed by atoms with E-state index in [0.717, 1.165) is 31.7 Å². The lowest BCUT2D eigenvalue weighted by molar-refractivity contribution is -0.207. The minimum absolute atomic E-state index is 0.0116. The van der Waals surface area contributed by atoms with Crippen molar-refractivity contribution in [2.45, 2.75) is 153 Å². The number of aromatic nitrogens is 8. The summed E-state index contributed by atoms with van der Waals surface area (Å²) in [6.45, 7) is 20.7. The van der Waals surface area contributed by atoms with Crippen LogP contribution in [0.2, 0.25) is 31.0 Å². The molecule has 2 aliphatic heterocycles. The summed E-state index contributed by atoms with van der Waals surface area (Å²) < 4.78 is 58.8. The van der Waals surface area contributed by atoms with E-state index in [1.807, 2.05) is 20.8 Å². The van der Waals surface area contributed by atoms with Gasteiger partial charge in [0.1, 0.15) is 31.1 Å². The fraction of sp³-hybridized carbons (Fsp3) is 0.784. The summed E-state index contributed by atoms with van der Waals surface area (Å²) in [5.74, 6) is -1.49. The predicted molar refractivity (Wildman–Crippen MR) is 219 cm³/mol. The molecule has 0 aromatic carbocycles. The van der Waals surface area contributed by atoms with Crippen molar-refractivity contribution in [1.82, 2.24) is 40.0 Å². The Morgan fingerprint density at radius 3 is 2.44 bits per heavy atom. The minimum Gasteiger partial charge on any atom is -0.463 e. The molecule has 1 saturated carbocycles. The highest BCUT2D eigenvalue weighted by atomic mass is 35.5. The number of halogens is 1. The van der Waals surface area contributed by atoms with Crippen LogP contribution in [0.15, 0.2) is 6.20 Å². The zero-order valence-electron chi connectivity index (χ0n) is 36.0. The summed E-state index contributed by atoms with van der Waals surface area (Å²) >= 11 is 6.60. The molecule has 5 atom stereocenters. The molecule has 0 spiro atoms. The fourth-order valence-electron chi connectivity index (χ4n) is 7.48. The van der Waals surface area contributed by atoms with Gasteiger partial charge in [-0.1, -0.05) is 32.5 Å². The summed E-state index contributed by atoms with van der Waals surface area (Å²) in [6, 6.07) is 0.803. The minimum atomic E-state index is -3.51. The van der Waals surface area contributed by atoms with Crippen molar-refractivity contribution >= 4 is 55.7 Å². The Morgan fingerprint density at radius 2 is 1.80 bits per heavy atom. The number of ether oxygens (including phenoxy) is 7. The average molecular weight is 884 g/mol. The topological polar surface area (TPSA) is 206 Å². The predicted octanol–water partition coefficient (Wildman–Crippen LogP) is 6.02. The molecule has 3 aromatic heterocycles. The number of nitrogens with zero attached hydrogens (tertiary/aromatic N) is 9. The SMILES string of the molecule is CCOC(=O)C(Cc1nnn(COCC[Si](C)(C)C)n1)(OC[C@H]1O[C@@H](n2ncc3c(N(C(=O)OC(C)(C)C)C4CCCC4)nc(Cl)nc32)[C@@H]2OC(C)(C)O[C@@H]21)P(C)(C)=O. The largest absolute Gasteiger partial charge is 0.463 e. The van der Waals surface area contributed by atoms with E-state index in [-0.39, 0.29) is 55.0 Å². The highest BCUT2D eigenvalue weighted by Crippen LogP contribution is 2.55. The number of tetrazole rings is 1. The number of fused-ring (bicyclic) bond motifs is 2. The highest BCUT2D eigenvalue weighted by molar-refractivity contribution is 7.64. The molecule has 2 saturated heterocycles. The molecule has 59 heavy (non-hydrogen) atoms. The maximum absolute atomic E-state index is 14.2. The molecule has 328 valence electrons. The van der Waals surface area contributed by atoms with Gasteiger partial charge in [-0.25, -0.2) is 14.3 Å². The standard InChI is InChI=1S/C37H59ClN9O10PSi/c1-12-52-32(48)37(58(7,8)50,19-26-42-44-45(43-26)22-51-17-18-59(9,10)11)53-21-25-27-28(56-36(5,6)55-27)31(54-25)47-30-24(20-39-47)29(40-33(38)41-30)46(23-15-13-14-16-23)34(49)57-35(2,3)4/h20,23,25,27-28,31H,12-19,21-22H2,1-11H3/t25-,27-,28-,31-,37?/m1/s1. The molecule has 19 nitrogen and oxygen atoms in total. The third kappa shape index (κ3) is 10.3. The monoisotopic (exact) mass is 883 g/mol. The van der Waals surface area contributed by atoms with Crippen LogP contribution in [0.25, 0.3) is 11.0 Å². The molecule has 1 amide bonds. The first-order valence-corrected chi connectivity index (χ1v) is 26.8. The van der Waals surface area contributed by atoms with Gasteiger partial charge in [-0.3, -0.25) is 4.90 Å². The second-order valence-corrected chi connectivity index (χ2v) is 27.7. The molecular formula is C37H59ClN9O10PSi. The average Bonchev–Trinajstić information content (AvgIpc) is 3.94. The number of carbonyl (C=O) groups is 2. The van der Waals surface area contributed by atoms with E-state index in [4.69, 9.17) is 44.8 Å². The van der Waals surface area contributed by atoms with Crippen LogP contribution in [0.3, 0.4) is 0 Å². The van der Waals surface area contributed by atoms with Gasteiger partial charge in [0.05, 0.1) is 31.2 Å². The van der Waals surface area contributed by atoms with Crippen LogP contribution in [0.1, 0.15) is 79.3 Å². The van der Waals surface area contributed by atoms with Gasteiger partial charge in [0.15, 0.2) is 36.0 Å². The van der Waals surface area contributed by atoms with Crippen molar-refractivity contribution in [1.29, 1.82) is 0 Å². The molecule has 5 heterocycles. The first kappa shape index (κ1) is 45.4. The van der Waals surface area contributed by atoms with Crippen molar-refractivity contribution in [2.24, 2.45) is 0 Å². The molecule has 1 unspecified atom stereocenters. The third-order valence-corrected chi connectivity index (χ3v) is 14.4. The molecule has 3 fully saturated rings. The van der Waals surface area contributed by atoms with Crippen molar-refractivity contribution in [3.8, 4) is 0 Å². The smallest absolute Gasteiger partial charge is 0.416 e. The number of anilines is 1. The van der Waals surface area contributed by atoms with Gasteiger partial charge in [-0.05, 0) is 90.6 Å². The fourth-order valence-corrected chi connectivity index (χ4v) is 9.81. The summed E-state index contributed by atoms with van der Waals surface area (Å²) in [5, 5.41) is 15.7. The quantitative estimate of drug-likeness (QED) is 0.0530. The molecule has 0 bridgehead atoms. The van der Waals surface area contributed by atoms with E-state index in [0.29, 0.717) is 12.0 Å². The van der Waals surface area contributed by atoms with Crippen LogP contribution in [0, 0.1) is 0 Å². The van der Waals surface area contributed by atoms with Crippen molar-refractivity contribution in [3.63, 3.8) is 0 Å². The summed E-state index contributed by atoms with van der Waals surface area (Å²) in [6.07, 6.45) is 0.868. The Hall–Kier alpha value is -3.10. The first-order valence-electron chi connectivity index (χ1n) is 20.2. The Labute approximate surface area is 350 Å². The van der Waals surface area contributed by atoms with Crippen LogP contribution < -0.4 is 4.90 Å². The zero-order chi connectivity index (χ0) is 43.1. The number of hydrogen-bond acceptors (Lipinski definition) is 16. The van der Waals surface area contributed by atoms with E-state index < -0.39 is 68.5 Å². The molecule has 3 aromatic rings.